The molecule has 0 aromatic heterocycles. The number of ketones is 1. The molecule has 0 aromatic rings. The maximum absolute atomic E-state index is 11.1. The van der Waals surface area contributed by atoms with Gasteiger partial charge in [-0.3, -0.25) is 4.79 Å². The van der Waals surface area contributed by atoms with E-state index in [1.807, 2.05) is 0 Å². The van der Waals surface area contributed by atoms with Crippen LogP contribution in [-0.2, 0) is 4.79 Å². The van der Waals surface area contributed by atoms with Crippen LogP contribution in [0.5, 0.6) is 0 Å². The molecule has 2 saturated carbocycles. The van der Waals surface area contributed by atoms with Crippen LogP contribution in [0.4, 0.5) is 0 Å². The molecule has 0 saturated heterocycles. The standard InChI is InChI=1S/C10H16O/c11-10-6-4-8-2-1-3-9(8)5-7-10/h8-9H,1-7H2. The molecule has 11 heavy (non-hydrogen) atoms. The van der Waals surface area contributed by atoms with Crippen molar-refractivity contribution in [3.8, 4) is 0 Å². The molecule has 2 fully saturated rings. The summed E-state index contributed by atoms with van der Waals surface area (Å²) in [5, 5.41) is 0. The number of hydrogen-bond donors (Lipinski definition) is 0. The Hall–Kier alpha value is -0.330. The summed E-state index contributed by atoms with van der Waals surface area (Å²) in [4.78, 5) is 11.1. The minimum atomic E-state index is 0.513. The van der Waals surface area contributed by atoms with Crippen molar-refractivity contribution in [2.75, 3.05) is 0 Å². The van der Waals surface area contributed by atoms with Gasteiger partial charge in [0.1, 0.15) is 5.78 Å². The van der Waals surface area contributed by atoms with E-state index in [-0.39, 0.29) is 0 Å². The molecular weight excluding hydrogens is 136 g/mol. The second-order valence-corrected chi connectivity index (χ2v) is 4.07. The van der Waals surface area contributed by atoms with Gasteiger partial charge in [0, 0.05) is 12.8 Å². The van der Waals surface area contributed by atoms with Crippen LogP contribution in [-0.4, -0.2) is 5.78 Å². The first-order valence-corrected chi connectivity index (χ1v) is 4.88. The predicted molar refractivity (Wildman–Crippen MR) is 44.3 cm³/mol. The molecule has 2 atom stereocenters. The minimum Gasteiger partial charge on any atom is -0.300 e. The van der Waals surface area contributed by atoms with E-state index >= 15 is 0 Å². The zero-order valence-electron chi connectivity index (χ0n) is 7.01. The molecule has 1 heteroatoms. The lowest BCUT2D eigenvalue weighted by atomic mass is 9.92. The lowest BCUT2D eigenvalue weighted by Gasteiger charge is -2.13. The van der Waals surface area contributed by atoms with Gasteiger partial charge in [-0.2, -0.15) is 0 Å². The summed E-state index contributed by atoms with van der Waals surface area (Å²) in [5.74, 6) is 2.35. The molecule has 0 aromatic carbocycles. The van der Waals surface area contributed by atoms with Crippen LogP contribution in [0.2, 0.25) is 0 Å². The molecule has 1 nitrogen and oxygen atoms in total. The summed E-state index contributed by atoms with van der Waals surface area (Å²) in [6.45, 7) is 0. The molecule has 2 aliphatic rings. The van der Waals surface area contributed by atoms with Crippen molar-refractivity contribution in [3.63, 3.8) is 0 Å². The van der Waals surface area contributed by atoms with Gasteiger partial charge in [0.05, 0.1) is 0 Å². The Kier molecular flexibility index (Phi) is 1.97. The average molecular weight is 152 g/mol. The second kappa shape index (κ2) is 2.96. The Bertz CT molecular complexity index is 146. The van der Waals surface area contributed by atoms with Crippen LogP contribution in [0, 0.1) is 11.8 Å². The molecule has 0 heterocycles. The molecule has 0 bridgehead atoms. The Morgan fingerprint density at radius 1 is 0.909 bits per heavy atom. The number of Topliss-reactive ketones (excluding diaryl/α,β-unsaturated/α-hetero) is 1. The van der Waals surface area contributed by atoms with E-state index < -0.39 is 0 Å². The summed E-state index contributed by atoms with van der Waals surface area (Å²) < 4.78 is 0. The molecular formula is C10H16O. The van der Waals surface area contributed by atoms with Gasteiger partial charge in [-0.1, -0.05) is 19.3 Å². The maximum atomic E-state index is 11.1. The third kappa shape index (κ3) is 1.47. The molecule has 62 valence electrons. The van der Waals surface area contributed by atoms with E-state index in [1.54, 1.807) is 0 Å². The fourth-order valence-corrected chi connectivity index (χ4v) is 2.69. The SMILES string of the molecule is O=C1CCC2CCCC2CC1. The third-order valence-electron chi connectivity index (χ3n) is 3.40. The van der Waals surface area contributed by atoms with Crippen LogP contribution >= 0.6 is 0 Å². The van der Waals surface area contributed by atoms with Crippen LogP contribution in [0.15, 0.2) is 0 Å². The van der Waals surface area contributed by atoms with Crippen LogP contribution < -0.4 is 0 Å². The summed E-state index contributed by atoms with van der Waals surface area (Å²) in [5.41, 5.74) is 0. The highest BCUT2D eigenvalue weighted by atomic mass is 16.1. The molecule has 0 N–H and O–H groups in total. The fourth-order valence-electron chi connectivity index (χ4n) is 2.69. The lowest BCUT2D eigenvalue weighted by molar-refractivity contribution is -0.119. The van der Waals surface area contributed by atoms with Crippen molar-refractivity contribution in [3.05, 3.63) is 0 Å². The van der Waals surface area contributed by atoms with Crippen molar-refractivity contribution in [2.24, 2.45) is 11.8 Å². The van der Waals surface area contributed by atoms with Gasteiger partial charge in [-0.15, -0.1) is 0 Å². The van der Waals surface area contributed by atoms with Crippen LogP contribution in [0.1, 0.15) is 44.9 Å². The zero-order chi connectivity index (χ0) is 7.68. The van der Waals surface area contributed by atoms with Gasteiger partial charge in [-0.25, -0.2) is 0 Å². The van der Waals surface area contributed by atoms with Gasteiger partial charge in [-0.05, 0) is 24.7 Å². The highest BCUT2D eigenvalue weighted by molar-refractivity contribution is 5.78. The van der Waals surface area contributed by atoms with E-state index in [0.717, 1.165) is 24.7 Å². The van der Waals surface area contributed by atoms with E-state index in [0.29, 0.717) is 5.78 Å². The molecule has 2 unspecified atom stereocenters. The molecule has 2 rings (SSSR count). The van der Waals surface area contributed by atoms with Crippen molar-refractivity contribution < 1.29 is 4.79 Å². The van der Waals surface area contributed by atoms with Gasteiger partial charge >= 0.3 is 0 Å². The highest BCUT2D eigenvalue weighted by Gasteiger charge is 2.29. The summed E-state index contributed by atoms with van der Waals surface area (Å²) >= 11 is 0. The van der Waals surface area contributed by atoms with Gasteiger partial charge < -0.3 is 0 Å². The molecule has 0 radical (unpaired) electrons. The molecule has 2 aliphatic carbocycles. The van der Waals surface area contributed by atoms with Gasteiger partial charge in [0.25, 0.3) is 0 Å². The van der Waals surface area contributed by atoms with Gasteiger partial charge in [0.2, 0.25) is 0 Å². The number of fused-ring (bicyclic) bond motifs is 1. The Balaban J connectivity index is 2.00. The van der Waals surface area contributed by atoms with E-state index in [4.69, 9.17) is 0 Å². The molecule has 0 aliphatic heterocycles. The number of carbonyl (C=O) groups is 1. The fraction of sp³-hybridized carbons (Fsp3) is 0.900. The zero-order valence-corrected chi connectivity index (χ0v) is 7.01. The summed E-state index contributed by atoms with van der Waals surface area (Å²) in [6, 6.07) is 0. The van der Waals surface area contributed by atoms with E-state index in [2.05, 4.69) is 0 Å². The van der Waals surface area contributed by atoms with Crippen LogP contribution in [0.3, 0.4) is 0 Å². The van der Waals surface area contributed by atoms with Crippen molar-refractivity contribution >= 4 is 5.78 Å². The highest BCUT2D eigenvalue weighted by Crippen LogP contribution is 2.39. The Morgan fingerprint density at radius 3 is 2.00 bits per heavy atom. The summed E-state index contributed by atoms with van der Waals surface area (Å²) in [7, 11) is 0. The lowest BCUT2D eigenvalue weighted by Crippen LogP contribution is -2.04. The monoisotopic (exact) mass is 152 g/mol. The second-order valence-electron chi connectivity index (χ2n) is 4.07. The summed E-state index contributed by atoms with van der Waals surface area (Å²) in [6.07, 6.45) is 8.37. The topological polar surface area (TPSA) is 17.1 Å². The first kappa shape index (κ1) is 7.33. The van der Waals surface area contributed by atoms with Crippen molar-refractivity contribution in [1.82, 2.24) is 0 Å². The van der Waals surface area contributed by atoms with Crippen molar-refractivity contribution in [2.45, 2.75) is 44.9 Å². The number of carbonyl (C=O) groups excluding carboxylic acids is 1. The minimum absolute atomic E-state index is 0.513. The first-order valence-electron chi connectivity index (χ1n) is 4.88. The Labute approximate surface area is 68.2 Å². The number of rotatable bonds is 0. The number of hydrogen-bond acceptors (Lipinski definition) is 1. The smallest absolute Gasteiger partial charge is 0.132 e. The van der Waals surface area contributed by atoms with Gasteiger partial charge in [0.15, 0.2) is 0 Å². The molecule has 0 amide bonds. The van der Waals surface area contributed by atoms with Crippen molar-refractivity contribution in [1.29, 1.82) is 0 Å². The first-order chi connectivity index (χ1) is 5.36. The van der Waals surface area contributed by atoms with E-state index in [1.165, 1.54) is 32.1 Å². The third-order valence-corrected chi connectivity index (χ3v) is 3.40. The Morgan fingerprint density at radius 2 is 1.45 bits per heavy atom. The maximum Gasteiger partial charge on any atom is 0.132 e. The predicted octanol–water partition coefficient (Wildman–Crippen LogP) is 2.55. The van der Waals surface area contributed by atoms with Crippen LogP contribution in [0.25, 0.3) is 0 Å². The normalized spacial score (nSPS) is 38.4. The molecule has 0 spiro atoms. The average Bonchev–Trinajstić information content (AvgIpc) is 2.38. The quantitative estimate of drug-likeness (QED) is 0.521. The van der Waals surface area contributed by atoms with E-state index in [9.17, 15) is 4.79 Å². The largest absolute Gasteiger partial charge is 0.300 e.